The summed E-state index contributed by atoms with van der Waals surface area (Å²) in [6, 6.07) is 3.72. The summed E-state index contributed by atoms with van der Waals surface area (Å²) < 4.78 is 5.07. The summed E-state index contributed by atoms with van der Waals surface area (Å²) in [4.78, 5) is 16.3. The molecule has 0 unspecified atom stereocenters. The Labute approximate surface area is 113 Å². The number of pyridine rings is 1. The van der Waals surface area contributed by atoms with E-state index in [-0.39, 0.29) is 11.3 Å². The first-order chi connectivity index (χ1) is 9.14. The molecule has 104 valence electrons. The van der Waals surface area contributed by atoms with Crippen molar-refractivity contribution >= 4 is 5.91 Å². The van der Waals surface area contributed by atoms with Crippen LogP contribution in [0.3, 0.4) is 0 Å². The molecule has 1 aromatic rings. The van der Waals surface area contributed by atoms with E-state index in [0.29, 0.717) is 12.4 Å². The highest BCUT2D eigenvalue weighted by molar-refractivity contribution is 5.82. The fourth-order valence-corrected chi connectivity index (χ4v) is 2.27. The summed E-state index contributed by atoms with van der Waals surface area (Å²) in [6.45, 7) is 4.37. The van der Waals surface area contributed by atoms with Gasteiger partial charge in [0.15, 0.2) is 0 Å². The van der Waals surface area contributed by atoms with Crippen molar-refractivity contribution < 1.29 is 9.53 Å². The van der Waals surface area contributed by atoms with Gasteiger partial charge in [-0.15, -0.1) is 0 Å². The van der Waals surface area contributed by atoms with Crippen molar-refractivity contribution in [2.45, 2.75) is 26.3 Å². The quantitative estimate of drug-likeness (QED) is 0.854. The average molecular weight is 263 g/mol. The molecule has 1 saturated heterocycles. The third-order valence-electron chi connectivity index (χ3n) is 3.72. The zero-order chi connectivity index (χ0) is 13.7. The standard InChI is InChI=1S/C14H21N3O2/c1-14(4-7-15-8-5-14)13(18)17-10-11-3-6-16-12(9-11)19-2/h3,6,9,15H,4-5,7-8,10H2,1-2H3,(H,17,18). The number of piperidine rings is 1. The molecule has 0 aromatic carbocycles. The third kappa shape index (κ3) is 3.44. The molecule has 2 N–H and O–H groups in total. The lowest BCUT2D eigenvalue weighted by atomic mass is 9.80. The molecule has 1 aromatic heterocycles. The van der Waals surface area contributed by atoms with Gasteiger partial charge in [0.2, 0.25) is 11.8 Å². The SMILES string of the molecule is COc1cc(CNC(=O)C2(C)CCNCC2)ccn1. The Kier molecular flexibility index (Phi) is 4.37. The smallest absolute Gasteiger partial charge is 0.226 e. The van der Waals surface area contributed by atoms with Crippen LogP contribution in [-0.2, 0) is 11.3 Å². The number of rotatable bonds is 4. The van der Waals surface area contributed by atoms with Gasteiger partial charge in [-0.05, 0) is 37.6 Å². The second-order valence-electron chi connectivity index (χ2n) is 5.20. The van der Waals surface area contributed by atoms with Crippen LogP contribution in [0.15, 0.2) is 18.3 Å². The van der Waals surface area contributed by atoms with Crippen molar-refractivity contribution in [2.75, 3.05) is 20.2 Å². The van der Waals surface area contributed by atoms with Gasteiger partial charge in [0, 0.05) is 24.2 Å². The molecular formula is C14H21N3O2. The molecule has 2 heterocycles. The minimum Gasteiger partial charge on any atom is -0.481 e. The molecular weight excluding hydrogens is 242 g/mol. The summed E-state index contributed by atoms with van der Waals surface area (Å²) >= 11 is 0. The van der Waals surface area contributed by atoms with Gasteiger partial charge in [-0.25, -0.2) is 4.98 Å². The van der Waals surface area contributed by atoms with Gasteiger partial charge >= 0.3 is 0 Å². The number of methoxy groups -OCH3 is 1. The summed E-state index contributed by atoms with van der Waals surface area (Å²) in [6.07, 6.45) is 3.46. The van der Waals surface area contributed by atoms with Crippen molar-refractivity contribution in [1.82, 2.24) is 15.6 Å². The lowest BCUT2D eigenvalue weighted by Crippen LogP contribution is -2.45. The van der Waals surface area contributed by atoms with E-state index >= 15 is 0 Å². The summed E-state index contributed by atoms with van der Waals surface area (Å²) in [5, 5.41) is 6.29. The Morgan fingerprint density at radius 3 is 2.95 bits per heavy atom. The molecule has 0 saturated carbocycles. The van der Waals surface area contributed by atoms with E-state index in [1.54, 1.807) is 13.3 Å². The number of carbonyl (C=O) groups is 1. The first kappa shape index (κ1) is 13.8. The maximum Gasteiger partial charge on any atom is 0.226 e. The number of nitrogens with one attached hydrogen (secondary N) is 2. The summed E-state index contributed by atoms with van der Waals surface area (Å²) in [5.74, 6) is 0.699. The van der Waals surface area contributed by atoms with Crippen molar-refractivity contribution in [3.05, 3.63) is 23.9 Å². The second kappa shape index (κ2) is 6.02. The number of carbonyl (C=O) groups excluding carboxylic acids is 1. The van der Waals surface area contributed by atoms with Gasteiger partial charge in [0.05, 0.1) is 7.11 Å². The normalized spacial score (nSPS) is 17.8. The van der Waals surface area contributed by atoms with Crippen LogP contribution in [0.1, 0.15) is 25.3 Å². The number of hydrogen-bond acceptors (Lipinski definition) is 4. The van der Waals surface area contributed by atoms with E-state index in [1.165, 1.54) is 0 Å². The average Bonchev–Trinajstić information content (AvgIpc) is 2.45. The Morgan fingerprint density at radius 1 is 1.53 bits per heavy atom. The van der Waals surface area contributed by atoms with Crippen LogP contribution in [0.2, 0.25) is 0 Å². The molecule has 1 aliphatic rings. The van der Waals surface area contributed by atoms with Crippen LogP contribution >= 0.6 is 0 Å². The minimum atomic E-state index is -0.248. The highest BCUT2D eigenvalue weighted by Gasteiger charge is 2.34. The van der Waals surface area contributed by atoms with Gasteiger partial charge < -0.3 is 15.4 Å². The zero-order valence-corrected chi connectivity index (χ0v) is 11.5. The van der Waals surface area contributed by atoms with Gasteiger partial charge in [-0.1, -0.05) is 6.92 Å². The lowest BCUT2D eigenvalue weighted by Gasteiger charge is -2.32. The van der Waals surface area contributed by atoms with Crippen LogP contribution in [0, 0.1) is 5.41 Å². The molecule has 1 fully saturated rings. The number of hydrogen-bond donors (Lipinski definition) is 2. The van der Waals surface area contributed by atoms with Crippen molar-refractivity contribution in [2.24, 2.45) is 5.41 Å². The van der Waals surface area contributed by atoms with E-state index in [9.17, 15) is 4.79 Å². The Balaban J connectivity index is 1.92. The number of amides is 1. The first-order valence-corrected chi connectivity index (χ1v) is 6.62. The topological polar surface area (TPSA) is 63.2 Å². The summed E-state index contributed by atoms with van der Waals surface area (Å²) in [7, 11) is 1.58. The zero-order valence-electron chi connectivity index (χ0n) is 11.5. The molecule has 0 radical (unpaired) electrons. The van der Waals surface area contributed by atoms with E-state index < -0.39 is 0 Å². The Hall–Kier alpha value is -1.62. The molecule has 0 bridgehead atoms. The van der Waals surface area contributed by atoms with Gasteiger partial charge in [-0.2, -0.15) is 0 Å². The number of nitrogens with zero attached hydrogens (tertiary/aromatic N) is 1. The number of ether oxygens (including phenoxy) is 1. The van der Waals surface area contributed by atoms with Gasteiger partial charge in [0.25, 0.3) is 0 Å². The Morgan fingerprint density at radius 2 is 2.26 bits per heavy atom. The van der Waals surface area contributed by atoms with E-state index in [4.69, 9.17) is 4.74 Å². The maximum absolute atomic E-state index is 12.3. The highest BCUT2D eigenvalue weighted by atomic mass is 16.5. The van der Waals surface area contributed by atoms with Crippen LogP contribution < -0.4 is 15.4 Å². The first-order valence-electron chi connectivity index (χ1n) is 6.62. The van der Waals surface area contributed by atoms with Crippen LogP contribution in [0.25, 0.3) is 0 Å². The fourth-order valence-electron chi connectivity index (χ4n) is 2.27. The van der Waals surface area contributed by atoms with E-state index in [2.05, 4.69) is 15.6 Å². The molecule has 19 heavy (non-hydrogen) atoms. The van der Waals surface area contributed by atoms with Crippen molar-refractivity contribution in [3.63, 3.8) is 0 Å². The molecule has 0 atom stereocenters. The molecule has 1 aliphatic heterocycles. The lowest BCUT2D eigenvalue weighted by molar-refractivity contribution is -0.131. The number of aromatic nitrogens is 1. The molecule has 0 aliphatic carbocycles. The van der Waals surface area contributed by atoms with Crippen molar-refractivity contribution in [3.8, 4) is 5.88 Å². The molecule has 5 heteroatoms. The second-order valence-corrected chi connectivity index (χ2v) is 5.20. The maximum atomic E-state index is 12.3. The van der Waals surface area contributed by atoms with Gasteiger partial charge in [0.1, 0.15) is 0 Å². The molecule has 5 nitrogen and oxygen atoms in total. The Bertz CT molecular complexity index is 442. The monoisotopic (exact) mass is 263 g/mol. The molecule has 1 amide bonds. The molecule has 0 spiro atoms. The fraction of sp³-hybridized carbons (Fsp3) is 0.571. The summed E-state index contributed by atoms with van der Waals surface area (Å²) in [5.41, 5.74) is 0.750. The largest absolute Gasteiger partial charge is 0.481 e. The molecule has 2 rings (SSSR count). The van der Waals surface area contributed by atoms with Crippen molar-refractivity contribution in [1.29, 1.82) is 0 Å². The van der Waals surface area contributed by atoms with Crippen LogP contribution in [-0.4, -0.2) is 31.1 Å². The van der Waals surface area contributed by atoms with E-state index in [0.717, 1.165) is 31.5 Å². The third-order valence-corrected chi connectivity index (χ3v) is 3.72. The highest BCUT2D eigenvalue weighted by Crippen LogP contribution is 2.28. The predicted octanol–water partition coefficient (Wildman–Crippen LogP) is 1.10. The predicted molar refractivity (Wildman–Crippen MR) is 72.8 cm³/mol. The van der Waals surface area contributed by atoms with Gasteiger partial charge in [-0.3, -0.25) is 4.79 Å². The minimum absolute atomic E-state index is 0.129. The van der Waals surface area contributed by atoms with E-state index in [1.807, 2.05) is 19.1 Å². The van der Waals surface area contributed by atoms with Crippen LogP contribution in [0.4, 0.5) is 0 Å². The van der Waals surface area contributed by atoms with Crippen LogP contribution in [0.5, 0.6) is 5.88 Å².